The zero-order valence-electron chi connectivity index (χ0n) is 13.0. The number of thioether (sulfide) groups is 1. The number of aromatic carboxylic acids is 1. The number of fused-ring (bicyclic) bond motifs is 1. The zero-order chi connectivity index (χ0) is 17.4. The molecule has 0 aliphatic carbocycles. The highest BCUT2D eigenvalue weighted by Crippen LogP contribution is 2.31. The predicted molar refractivity (Wildman–Crippen MR) is 90.3 cm³/mol. The van der Waals surface area contributed by atoms with Gasteiger partial charge in [0.25, 0.3) is 0 Å². The monoisotopic (exact) mass is 354 g/mol. The van der Waals surface area contributed by atoms with Crippen LogP contribution in [0.3, 0.4) is 0 Å². The van der Waals surface area contributed by atoms with E-state index in [4.69, 9.17) is 5.11 Å². The largest absolute Gasteiger partial charge is 0.477 e. The Morgan fingerprint density at radius 1 is 1.33 bits per heavy atom. The van der Waals surface area contributed by atoms with Gasteiger partial charge in [0.1, 0.15) is 17.1 Å². The van der Waals surface area contributed by atoms with E-state index in [9.17, 15) is 14.0 Å². The first-order valence-corrected chi connectivity index (χ1v) is 8.72. The summed E-state index contributed by atoms with van der Waals surface area (Å²) < 4.78 is 31.0. The topological polar surface area (TPSA) is 62.5 Å². The van der Waals surface area contributed by atoms with Crippen LogP contribution in [0.1, 0.15) is 17.3 Å². The molecule has 0 saturated carbocycles. The lowest BCUT2D eigenvalue weighted by Crippen LogP contribution is -2.34. The molecule has 2 aromatic rings. The van der Waals surface area contributed by atoms with Gasteiger partial charge in [-0.05, 0) is 13.0 Å². The van der Waals surface area contributed by atoms with Gasteiger partial charge < -0.3 is 14.6 Å². The van der Waals surface area contributed by atoms with E-state index in [0.29, 0.717) is 13.1 Å². The number of hydrogen-bond donors (Lipinski definition) is 1. The third-order valence-electron chi connectivity index (χ3n) is 4.13. The van der Waals surface area contributed by atoms with Gasteiger partial charge >= 0.3 is 5.97 Å². The molecule has 128 valence electrons. The fourth-order valence-corrected chi connectivity index (χ4v) is 3.86. The molecule has 1 N–H and O–H groups in total. The first-order chi connectivity index (χ1) is 11.5. The highest BCUT2D eigenvalue weighted by Gasteiger charge is 2.25. The van der Waals surface area contributed by atoms with Crippen LogP contribution in [-0.2, 0) is 6.54 Å². The third kappa shape index (κ3) is 2.64. The van der Waals surface area contributed by atoms with Gasteiger partial charge in [-0.2, -0.15) is 11.8 Å². The van der Waals surface area contributed by atoms with Crippen molar-refractivity contribution in [3.8, 4) is 0 Å². The molecule has 2 heterocycles. The maximum absolute atomic E-state index is 15.1. The second-order valence-electron chi connectivity index (χ2n) is 5.48. The summed E-state index contributed by atoms with van der Waals surface area (Å²) in [5.41, 5.74) is -1.57. The molecule has 0 unspecified atom stereocenters. The van der Waals surface area contributed by atoms with E-state index in [-0.39, 0.29) is 23.1 Å². The lowest BCUT2D eigenvalue weighted by molar-refractivity contribution is 0.0695. The Morgan fingerprint density at radius 2 is 2.00 bits per heavy atom. The fourth-order valence-electron chi connectivity index (χ4n) is 2.96. The summed E-state index contributed by atoms with van der Waals surface area (Å²) in [6.45, 7) is 3.01. The molecule has 1 aliphatic heterocycles. The zero-order valence-corrected chi connectivity index (χ0v) is 13.8. The molecular formula is C16H16F2N2O3S. The van der Waals surface area contributed by atoms with Crippen molar-refractivity contribution in [1.29, 1.82) is 0 Å². The Hall–Kier alpha value is -2.09. The van der Waals surface area contributed by atoms with Gasteiger partial charge in [-0.1, -0.05) is 0 Å². The minimum Gasteiger partial charge on any atom is -0.477 e. The normalized spacial score (nSPS) is 15.0. The van der Waals surface area contributed by atoms with E-state index in [1.807, 2.05) is 0 Å². The minimum atomic E-state index is -1.41. The van der Waals surface area contributed by atoms with Gasteiger partial charge in [-0.3, -0.25) is 4.79 Å². The van der Waals surface area contributed by atoms with Crippen LogP contribution >= 0.6 is 11.8 Å². The van der Waals surface area contributed by atoms with Crippen LogP contribution in [0.2, 0.25) is 0 Å². The van der Waals surface area contributed by atoms with Crippen molar-refractivity contribution in [2.75, 3.05) is 29.5 Å². The SMILES string of the molecule is CCn1cc(C(=O)O)c(=O)c2cc(F)c(N3CCSCC3)c(F)c21. The van der Waals surface area contributed by atoms with Crippen LogP contribution < -0.4 is 10.3 Å². The van der Waals surface area contributed by atoms with Crippen LogP contribution in [0, 0.1) is 11.6 Å². The Morgan fingerprint density at radius 3 is 2.58 bits per heavy atom. The third-order valence-corrected chi connectivity index (χ3v) is 5.07. The van der Waals surface area contributed by atoms with Crippen molar-refractivity contribution in [1.82, 2.24) is 4.57 Å². The lowest BCUT2D eigenvalue weighted by Gasteiger charge is -2.29. The number of rotatable bonds is 3. The Balaban J connectivity index is 2.34. The minimum absolute atomic E-state index is 0.0536. The molecule has 0 amide bonds. The van der Waals surface area contributed by atoms with E-state index in [2.05, 4.69) is 0 Å². The number of nitrogens with zero attached hydrogens (tertiary/aromatic N) is 2. The van der Waals surface area contributed by atoms with E-state index < -0.39 is 28.6 Å². The maximum atomic E-state index is 15.1. The van der Waals surface area contributed by atoms with Crippen LogP contribution in [-0.4, -0.2) is 40.2 Å². The maximum Gasteiger partial charge on any atom is 0.341 e. The molecule has 0 bridgehead atoms. The van der Waals surface area contributed by atoms with E-state index >= 15 is 4.39 Å². The first-order valence-electron chi connectivity index (χ1n) is 7.56. The highest BCUT2D eigenvalue weighted by molar-refractivity contribution is 7.99. The Labute approximate surface area is 140 Å². The van der Waals surface area contributed by atoms with E-state index in [0.717, 1.165) is 23.8 Å². The lowest BCUT2D eigenvalue weighted by atomic mass is 10.1. The number of aromatic nitrogens is 1. The number of aryl methyl sites for hydroxylation is 1. The number of carboxylic acids is 1. The van der Waals surface area contributed by atoms with Crippen molar-refractivity contribution >= 4 is 34.3 Å². The van der Waals surface area contributed by atoms with Crippen molar-refractivity contribution < 1.29 is 18.7 Å². The summed E-state index contributed by atoms with van der Waals surface area (Å²) in [6.07, 6.45) is 1.11. The predicted octanol–water partition coefficient (Wildman–Crippen LogP) is 2.55. The van der Waals surface area contributed by atoms with E-state index in [1.165, 1.54) is 4.57 Å². The van der Waals surface area contributed by atoms with Crippen LogP contribution in [0.15, 0.2) is 17.1 Å². The average molecular weight is 354 g/mol. The molecule has 1 fully saturated rings. The molecule has 0 atom stereocenters. The van der Waals surface area contributed by atoms with Crippen molar-refractivity contribution in [2.24, 2.45) is 0 Å². The number of benzene rings is 1. The number of pyridine rings is 1. The molecule has 0 radical (unpaired) electrons. The molecule has 8 heteroatoms. The summed E-state index contributed by atoms with van der Waals surface area (Å²) >= 11 is 1.72. The second-order valence-corrected chi connectivity index (χ2v) is 6.70. The quantitative estimate of drug-likeness (QED) is 0.918. The number of carboxylic acid groups (broad SMARTS) is 1. The van der Waals surface area contributed by atoms with Crippen molar-refractivity contribution in [3.63, 3.8) is 0 Å². The van der Waals surface area contributed by atoms with Gasteiger partial charge in [0.2, 0.25) is 5.43 Å². The van der Waals surface area contributed by atoms with Crippen molar-refractivity contribution in [3.05, 3.63) is 39.7 Å². The van der Waals surface area contributed by atoms with E-state index in [1.54, 1.807) is 23.6 Å². The molecule has 0 spiro atoms. The molecular weight excluding hydrogens is 338 g/mol. The van der Waals surface area contributed by atoms with Gasteiger partial charge in [-0.25, -0.2) is 13.6 Å². The molecule has 1 aromatic carbocycles. The number of halogens is 2. The van der Waals surface area contributed by atoms with Crippen molar-refractivity contribution in [2.45, 2.75) is 13.5 Å². The summed E-state index contributed by atoms with van der Waals surface area (Å²) in [7, 11) is 0. The molecule has 1 saturated heterocycles. The molecule has 1 aliphatic rings. The molecule has 1 aromatic heterocycles. The Bertz CT molecular complexity index is 876. The molecule has 3 rings (SSSR count). The summed E-state index contributed by atoms with van der Waals surface area (Å²) in [4.78, 5) is 25.1. The summed E-state index contributed by atoms with van der Waals surface area (Å²) in [5, 5.41) is 8.88. The van der Waals surface area contributed by atoms with Gasteiger partial charge in [0.15, 0.2) is 5.82 Å². The second kappa shape index (κ2) is 6.43. The molecule has 5 nitrogen and oxygen atoms in total. The Kier molecular flexibility index (Phi) is 4.49. The van der Waals surface area contributed by atoms with Gasteiger partial charge in [0, 0.05) is 37.3 Å². The van der Waals surface area contributed by atoms with Crippen LogP contribution in [0.5, 0.6) is 0 Å². The standard InChI is InChI=1S/C16H16F2N2O3S/c1-2-19-8-10(16(22)23)15(21)9-7-11(17)14(12(18)13(9)19)20-3-5-24-6-4-20/h7-8H,2-6H2,1H3,(H,22,23). The van der Waals surface area contributed by atoms with Gasteiger partial charge in [0.05, 0.1) is 10.9 Å². The smallest absolute Gasteiger partial charge is 0.341 e. The highest BCUT2D eigenvalue weighted by atomic mass is 32.2. The molecule has 24 heavy (non-hydrogen) atoms. The number of anilines is 1. The first kappa shape index (κ1) is 16.8. The number of carbonyl (C=O) groups is 1. The van der Waals surface area contributed by atoms with Gasteiger partial charge in [-0.15, -0.1) is 0 Å². The summed E-state index contributed by atoms with van der Waals surface area (Å²) in [6, 6.07) is 0.955. The fraction of sp³-hybridized carbons (Fsp3) is 0.375. The van der Waals surface area contributed by atoms with Crippen LogP contribution in [0.4, 0.5) is 14.5 Å². The van der Waals surface area contributed by atoms with Crippen LogP contribution in [0.25, 0.3) is 10.9 Å². The summed E-state index contributed by atoms with van der Waals surface area (Å²) in [5.74, 6) is -1.52. The number of hydrogen-bond acceptors (Lipinski definition) is 4. The average Bonchev–Trinajstić information content (AvgIpc) is 2.56.